The van der Waals surface area contributed by atoms with Gasteiger partial charge in [0.2, 0.25) is 29.5 Å². The fourth-order valence-corrected chi connectivity index (χ4v) is 5.55. The number of carbonyl (C=O) groups excluding carboxylic acids is 6. The van der Waals surface area contributed by atoms with E-state index < -0.39 is 104 Å². The molecular formula is C32H51BN4O17. The number of carbonyl (C=O) groups is 7. The van der Waals surface area contributed by atoms with Crippen molar-refractivity contribution in [2.24, 2.45) is 5.92 Å². The Bertz CT molecular complexity index is 1280. The molecule has 5 amide bonds. The summed E-state index contributed by atoms with van der Waals surface area (Å²) in [6.45, 7) is 0.0639. The predicted molar refractivity (Wildman–Crippen MR) is 181 cm³/mol. The number of nitrogens with zero attached hydrogens (tertiary/aromatic N) is 1. The summed E-state index contributed by atoms with van der Waals surface area (Å²) < 4.78 is 26.7. The van der Waals surface area contributed by atoms with E-state index in [1.54, 1.807) is 0 Å². The van der Waals surface area contributed by atoms with Crippen molar-refractivity contribution in [3.05, 3.63) is 0 Å². The Hall–Kier alpha value is -3.61. The molecule has 0 aromatic carbocycles. The van der Waals surface area contributed by atoms with Crippen LogP contribution in [0.2, 0.25) is 5.82 Å². The van der Waals surface area contributed by atoms with Gasteiger partial charge >= 0.3 is 5.97 Å². The molecule has 22 heteroatoms. The summed E-state index contributed by atoms with van der Waals surface area (Å²) in [5.41, 5.74) is 0. The van der Waals surface area contributed by atoms with Crippen LogP contribution in [0.15, 0.2) is 0 Å². The largest absolute Gasteiger partial charge is 0.477 e. The topological polar surface area (TPSA) is 306 Å². The summed E-state index contributed by atoms with van der Waals surface area (Å²) in [6, 6.07) is 0. The van der Waals surface area contributed by atoms with Crippen molar-refractivity contribution in [2.75, 3.05) is 79.0 Å². The Labute approximate surface area is 312 Å². The van der Waals surface area contributed by atoms with Crippen LogP contribution >= 0.6 is 0 Å². The fraction of sp³-hybridized carbons (Fsp3) is 0.781. The number of carboxylic acid groups (broad SMARTS) is 1. The molecule has 54 heavy (non-hydrogen) atoms. The molecule has 0 spiro atoms. The number of aliphatic hydroxyl groups is 4. The molecule has 2 rings (SSSR count). The number of nitrogens with one attached hydrogen (secondary N) is 3. The van der Waals surface area contributed by atoms with Gasteiger partial charge < -0.3 is 70.0 Å². The molecule has 0 bridgehead atoms. The normalized spacial score (nSPS) is 23.8. The molecule has 7 atom stereocenters. The Kier molecular flexibility index (Phi) is 20.7. The molecule has 304 valence electrons. The second-order valence-electron chi connectivity index (χ2n) is 12.6. The van der Waals surface area contributed by atoms with Gasteiger partial charge in [0, 0.05) is 63.6 Å². The van der Waals surface area contributed by atoms with Crippen LogP contribution in [0.1, 0.15) is 39.0 Å². The van der Waals surface area contributed by atoms with E-state index in [4.69, 9.17) is 31.5 Å². The van der Waals surface area contributed by atoms with Gasteiger partial charge in [-0.15, -0.1) is 0 Å². The van der Waals surface area contributed by atoms with Crippen LogP contribution < -0.4 is 16.0 Å². The molecule has 2 saturated heterocycles. The third kappa shape index (κ3) is 15.6. The lowest BCUT2D eigenvalue weighted by molar-refractivity contribution is -0.318. The number of hydrogen-bond acceptors (Lipinski definition) is 16. The molecule has 2 fully saturated rings. The summed E-state index contributed by atoms with van der Waals surface area (Å²) in [5.74, 6) is -8.69. The van der Waals surface area contributed by atoms with Gasteiger partial charge in [-0.3, -0.25) is 28.9 Å². The van der Waals surface area contributed by atoms with Gasteiger partial charge in [0.1, 0.15) is 31.2 Å². The molecule has 21 nitrogen and oxygen atoms in total. The number of carboxylic acids is 1. The average molecular weight is 775 g/mol. The lowest BCUT2D eigenvalue weighted by Crippen LogP contribution is -2.62. The van der Waals surface area contributed by atoms with Crippen LogP contribution in [0.25, 0.3) is 0 Å². The number of aliphatic hydroxyl groups excluding tert-OH is 4. The van der Waals surface area contributed by atoms with E-state index in [0.717, 1.165) is 4.90 Å². The Morgan fingerprint density at radius 2 is 1.50 bits per heavy atom. The van der Waals surface area contributed by atoms with Crippen molar-refractivity contribution in [1.29, 1.82) is 0 Å². The number of ether oxygens (including phenoxy) is 5. The fourth-order valence-electron chi connectivity index (χ4n) is 5.55. The monoisotopic (exact) mass is 774 g/mol. The summed E-state index contributed by atoms with van der Waals surface area (Å²) in [4.78, 5) is 84.3. The summed E-state index contributed by atoms with van der Waals surface area (Å²) in [5, 5.41) is 57.7. The van der Waals surface area contributed by atoms with Gasteiger partial charge in [0.05, 0.1) is 59.7 Å². The van der Waals surface area contributed by atoms with Crippen molar-refractivity contribution >= 4 is 49.1 Å². The van der Waals surface area contributed by atoms with E-state index in [1.165, 1.54) is 6.92 Å². The first-order valence-electron chi connectivity index (χ1n) is 17.4. The number of ketones is 1. The molecule has 0 aliphatic carbocycles. The first kappa shape index (κ1) is 46.5. The van der Waals surface area contributed by atoms with Crippen molar-refractivity contribution < 1.29 is 82.8 Å². The molecule has 0 aromatic heterocycles. The summed E-state index contributed by atoms with van der Waals surface area (Å²) in [6.07, 6.45) is -7.24. The molecule has 0 aromatic rings. The second kappa shape index (κ2) is 24.0. The molecule has 2 aliphatic heterocycles. The SMILES string of the molecule is [B]C1CC(=O)N(CCCC(=O)NCCOCCOCCNC(=O)COCC(=O)NCCOC2(C(=O)O)CC(O)C(CC(C)=O)C(C(O)C(O)CO)O2)C1=O. The highest BCUT2D eigenvalue weighted by molar-refractivity contribution is 6.29. The molecule has 2 aliphatic rings. The average Bonchev–Trinajstić information content (AvgIpc) is 3.36. The van der Waals surface area contributed by atoms with Crippen LogP contribution in [-0.2, 0) is 57.2 Å². The molecule has 0 saturated carbocycles. The van der Waals surface area contributed by atoms with Crippen LogP contribution in [0.4, 0.5) is 0 Å². The quantitative estimate of drug-likeness (QED) is 0.0220. The summed E-state index contributed by atoms with van der Waals surface area (Å²) in [7, 11) is 5.55. The van der Waals surface area contributed by atoms with Crippen molar-refractivity contribution in [3.63, 3.8) is 0 Å². The van der Waals surface area contributed by atoms with Crippen LogP contribution in [0.3, 0.4) is 0 Å². The van der Waals surface area contributed by atoms with Gasteiger partial charge in [-0.05, 0) is 13.3 Å². The number of imide groups is 1. The Balaban J connectivity index is 1.52. The zero-order valence-electron chi connectivity index (χ0n) is 30.1. The van der Waals surface area contributed by atoms with E-state index >= 15 is 0 Å². The van der Waals surface area contributed by atoms with Gasteiger partial charge in [-0.1, -0.05) is 0 Å². The minimum atomic E-state index is -2.51. The van der Waals surface area contributed by atoms with Gasteiger partial charge in [-0.25, -0.2) is 4.79 Å². The smallest absolute Gasteiger partial charge is 0.364 e. The van der Waals surface area contributed by atoms with E-state index in [9.17, 15) is 59.1 Å². The maximum atomic E-state index is 12.1. The highest BCUT2D eigenvalue weighted by Gasteiger charge is 2.55. The molecular weight excluding hydrogens is 723 g/mol. The lowest BCUT2D eigenvalue weighted by Gasteiger charge is -2.46. The number of hydrogen-bond donors (Lipinski definition) is 8. The van der Waals surface area contributed by atoms with E-state index in [2.05, 4.69) is 16.0 Å². The molecule has 8 N–H and O–H groups in total. The lowest BCUT2D eigenvalue weighted by atomic mass is 9.80. The molecule has 2 radical (unpaired) electrons. The highest BCUT2D eigenvalue weighted by Crippen LogP contribution is 2.38. The van der Waals surface area contributed by atoms with Gasteiger partial charge in [0.15, 0.2) is 0 Å². The highest BCUT2D eigenvalue weighted by atomic mass is 16.7. The van der Waals surface area contributed by atoms with Crippen molar-refractivity contribution in [1.82, 2.24) is 20.9 Å². The summed E-state index contributed by atoms with van der Waals surface area (Å²) >= 11 is 0. The van der Waals surface area contributed by atoms with Crippen LogP contribution in [0, 0.1) is 5.92 Å². The van der Waals surface area contributed by atoms with Gasteiger partial charge in [-0.2, -0.15) is 0 Å². The zero-order valence-corrected chi connectivity index (χ0v) is 30.1. The number of Topliss-reactive ketones (excluding diaryl/α,β-unsaturated/α-hetero) is 1. The van der Waals surface area contributed by atoms with E-state index in [-0.39, 0.29) is 83.7 Å². The first-order valence-corrected chi connectivity index (χ1v) is 17.4. The molecule has 7 unspecified atom stereocenters. The van der Waals surface area contributed by atoms with Crippen LogP contribution in [0.5, 0.6) is 0 Å². The van der Waals surface area contributed by atoms with Crippen molar-refractivity contribution in [2.45, 2.75) is 75.0 Å². The van der Waals surface area contributed by atoms with Crippen molar-refractivity contribution in [3.8, 4) is 0 Å². The molecule has 2 heterocycles. The van der Waals surface area contributed by atoms with E-state index in [0.29, 0.717) is 6.42 Å². The third-order valence-corrected chi connectivity index (χ3v) is 8.29. The zero-order chi connectivity index (χ0) is 40.3. The van der Waals surface area contributed by atoms with E-state index in [1.807, 2.05) is 0 Å². The minimum absolute atomic E-state index is 0.0155. The number of rotatable bonds is 27. The van der Waals surface area contributed by atoms with Gasteiger partial charge in [0.25, 0.3) is 5.79 Å². The number of amides is 5. The number of aliphatic carboxylic acids is 1. The first-order chi connectivity index (χ1) is 25.6. The Morgan fingerprint density at radius 3 is 2.02 bits per heavy atom. The maximum absolute atomic E-state index is 12.1. The second-order valence-corrected chi connectivity index (χ2v) is 12.6. The standard InChI is InChI=1S/C32H51BN4O17/c1-19(39)13-20-22(40)15-32(31(48)49,54-29(20)28(46)23(41)16-38)53-10-6-36-26(44)18-52-17-25(43)35-5-9-51-12-11-50-8-4-34-24(42)3-2-7-37-27(45)14-21(33)30(37)47/h20-23,28-29,38,40-41,46H,2-18H2,1H3,(H,34,42)(H,35,43)(H,36,44)(H,48,49). The minimum Gasteiger partial charge on any atom is -0.477 e. The Morgan fingerprint density at radius 1 is 0.926 bits per heavy atom. The predicted octanol–water partition coefficient (Wildman–Crippen LogP) is -4.86. The number of likely N-dealkylation sites (tertiary alicyclic amines) is 1. The third-order valence-electron chi connectivity index (χ3n) is 8.29. The van der Waals surface area contributed by atoms with Crippen LogP contribution in [-0.4, -0.2) is 189 Å². The maximum Gasteiger partial charge on any atom is 0.364 e.